The van der Waals surface area contributed by atoms with Crippen molar-refractivity contribution >= 4 is 16.7 Å². The highest BCUT2D eigenvalue weighted by molar-refractivity contribution is 5.88. The molecule has 33 heavy (non-hydrogen) atoms. The number of hydrogen-bond donors (Lipinski definition) is 0. The first kappa shape index (κ1) is 21.5. The average molecular weight is 446 g/mol. The second-order valence-electron chi connectivity index (χ2n) is 12.2. The molecule has 3 aliphatic carbocycles. The number of ether oxygens (including phenoxy) is 1. The second kappa shape index (κ2) is 7.48. The molecule has 1 heterocycles. The molecule has 3 nitrogen and oxygen atoms in total. The van der Waals surface area contributed by atoms with Crippen molar-refractivity contribution in [2.24, 2.45) is 34.5 Å². The van der Waals surface area contributed by atoms with Gasteiger partial charge in [0.2, 0.25) is 5.91 Å². The Balaban J connectivity index is 1.30. The van der Waals surface area contributed by atoms with Gasteiger partial charge >= 0.3 is 0 Å². The van der Waals surface area contributed by atoms with Crippen molar-refractivity contribution in [2.45, 2.75) is 77.9 Å². The van der Waals surface area contributed by atoms with Crippen LogP contribution >= 0.6 is 0 Å². The molecule has 1 aliphatic heterocycles. The van der Waals surface area contributed by atoms with Crippen LogP contribution in [0.2, 0.25) is 0 Å². The van der Waals surface area contributed by atoms with E-state index in [0.717, 1.165) is 36.3 Å². The van der Waals surface area contributed by atoms with Crippen LogP contribution in [0, 0.1) is 34.5 Å². The van der Waals surface area contributed by atoms with Crippen molar-refractivity contribution in [2.75, 3.05) is 7.05 Å². The van der Waals surface area contributed by atoms with Gasteiger partial charge in [0.05, 0.1) is 0 Å². The zero-order valence-electron chi connectivity index (χ0n) is 20.7. The lowest BCUT2D eigenvalue weighted by Crippen LogP contribution is -2.63. The van der Waals surface area contributed by atoms with Crippen LogP contribution in [0.25, 0.3) is 10.8 Å². The van der Waals surface area contributed by atoms with Crippen LogP contribution in [0.1, 0.15) is 65.7 Å². The Hall–Kier alpha value is -2.03. The fraction of sp³-hybridized carbons (Fsp3) is 0.633. The number of benzene rings is 2. The van der Waals surface area contributed by atoms with Crippen LogP contribution in [0.15, 0.2) is 42.5 Å². The normalized spacial score (nSPS) is 42.5. The van der Waals surface area contributed by atoms with Crippen molar-refractivity contribution in [3.63, 3.8) is 0 Å². The Morgan fingerprint density at radius 3 is 2.55 bits per heavy atom. The van der Waals surface area contributed by atoms with E-state index in [2.05, 4.69) is 75.2 Å². The van der Waals surface area contributed by atoms with E-state index in [1.165, 1.54) is 42.9 Å². The van der Waals surface area contributed by atoms with Gasteiger partial charge in [0.1, 0.15) is 11.9 Å². The van der Waals surface area contributed by atoms with Crippen LogP contribution in [-0.4, -0.2) is 30.0 Å². The van der Waals surface area contributed by atoms with Gasteiger partial charge in [-0.25, -0.2) is 0 Å². The topological polar surface area (TPSA) is 29.5 Å². The smallest absolute Gasteiger partial charge is 0.222 e. The van der Waals surface area contributed by atoms with Crippen LogP contribution in [0.3, 0.4) is 0 Å². The minimum absolute atomic E-state index is 0.242. The number of carbonyl (C=O) groups excluding carboxylic acids is 1. The molecule has 3 heteroatoms. The molecule has 1 amide bonds. The molecule has 4 aliphatic rings. The van der Waals surface area contributed by atoms with Gasteiger partial charge in [-0.3, -0.25) is 4.79 Å². The van der Waals surface area contributed by atoms with E-state index >= 15 is 0 Å². The van der Waals surface area contributed by atoms with Gasteiger partial charge in [-0.1, -0.05) is 57.2 Å². The summed E-state index contributed by atoms with van der Waals surface area (Å²) in [4.78, 5) is 14.6. The number of piperidine rings is 1. The molecule has 2 aromatic rings. The highest BCUT2D eigenvalue weighted by Gasteiger charge is 2.63. The number of rotatable bonds is 2. The number of carbonyl (C=O) groups is 1. The molecule has 0 N–H and O–H groups in total. The molecule has 0 radical (unpaired) electrons. The van der Waals surface area contributed by atoms with Crippen molar-refractivity contribution in [1.29, 1.82) is 0 Å². The van der Waals surface area contributed by atoms with E-state index in [1.807, 2.05) is 0 Å². The molecule has 4 fully saturated rings. The predicted octanol–water partition coefficient (Wildman–Crippen LogP) is 6.70. The zero-order valence-corrected chi connectivity index (χ0v) is 20.7. The zero-order chi connectivity index (χ0) is 23.0. The van der Waals surface area contributed by atoms with Crippen molar-refractivity contribution in [1.82, 2.24) is 4.90 Å². The molecular weight excluding hydrogens is 406 g/mol. The minimum atomic E-state index is 0.242. The maximum absolute atomic E-state index is 12.5. The van der Waals surface area contributed by atoms with E-state index in [9.17, 15) is 4.79 Å². The van der Waals surface area contributed by atoms with Crippen molar-refractivity contribution < 1.29 is 9.53 Å². The largest absolute Gasteiger partial charge is 0.489 e. The van der Waals surface area contributed by atoms with E-state index in [-0.39, 0.29) is 10.8 Å². The first-order valence-electron chi connectivity index (χ1n) is 13.2. The Labute approximate surface area is 198 Å². The number of amides is 1. The summed E-state index contributed by atoms with van der Waals surface area (Å²) in [6.45, 7) is 7.54. The molecule has 6 rings (SSSR count). The third-order valence-corrected chi connectivity index (χ3v) is 10.9. The van der Waals surface area contributed by atoms with Crippen molar-refractivity contribution in [3.05, 3.63) is 42.5 Å². The Morgan fingerprint density at radius 1 is 0.939 bits per heavy atom. The fourth-order valence-corrected chi connectivity index (χ4v) is 9.06. The lowest BCUT2D eigenvalue weighted by molar-refractivity contribution is -0.168. The summed E-state index contributed by atoms with van der Waals surface area (Å²) >= 11 is 0. The summed E-state index contributed by atoms with van der Waals surface area (Å²) in [7, 11) is 2.06. The summed E-state index contributed by atoms with van der Waals surface area (Å²) < 4.78 is 6.89. The molecule has 8 atom stereocenters. The third-order valence-electron chi connectivity index (χ3n) is 10.9. The Kier molecular flexibility index (Phi) is 4.88. The quantitative estimate of drug-likeness (QED) is 0.515. The van der Waals surface area contributed by atoms with E-state index in [0.29, 0.717) is 24.0 Å². The summed E-state index contributed by atoms with van der Waals surface area (Å²) in [6, 6.07) is 15.5. The highest BCUT2D eigenvalue weighted by Crippen LogP contribution is 2.66. The highest BCUT2D eigenvalue weighted by atomic mass is 16.5. The Morgan fingerprint density at radius 2 is 1.70 bits per heavy atom. The third kappa shape index (κ3) is 3.03. The summed E-state index contributed by atoms with van der Waals surface area (Å²) in [5, 5.41) is 2.49. The van der Waals surface area contributed by atoms with E-state index in [4.69, 9.17) is 4.74 Å². The second-order valence-corrected chi connectivity index (χ2v) is 12.2. The summed E-state index contributed by atoms with van der Waals surface area (Å²) in [5.74, 6) is 4.30. The standard InChI is InChI=1S/C30H39NO2/c1-19-18-25-29(2,17-15-27(32)31(25)4)23-14-16-30(3)22(28(19)23)12-13-26(30)33-24-11-7-9-20-8-5-6-10-21(20)24/h5-11,19,22-23,25-26,28H,12-18H2,1-4H3/t19?,22-,23+,25?,26?,28-,29+,30-/m0/s1. The van der Waals surface area contributed by atoms with Crippen LogP contribution in [0.4, 0.5) is 0 Å². The van der Waals surface area contributed by atoms with Gasteiger partial charge in [0.25, 0.3) is 0 Å². The van der Waals surface area contributed by atoms with Gasteiger partial charge in [0, 0.05) is 30.3 Å². The lowest BCUT2D eigenvalue weighted by atomic mass is 9.45. The van der Waals surface area contributed by atoms with Gasteiger partial charge in [-0.15, -0.1) is 0 Å². The van der Waals surface area contributed by atoms with Crippen LogP contribution in [0.5, 0.6) is 5.75 Å². The molecule has 0 spiro atoms. The van der Waals surface area contributed by atoms with Gasteiger partial charge in [0.15, 0.2) is 0 Å². The summed E-state index contributed by atoms with van der Waals surface area (Å²) in [6.07, 6.45) is 8.26. The average Bonchev–Trinajstić information content (AvgIpc) is 3.14. The molecule has 3 unspecified atom stereocenters. The number of likely N-dealkylation sites (tertiary alicyclic amines) is 1. The number of fused-ring (bicyclic) bond motifs is 6. The molecule has 176 valence electrons. The maximum atomic E-state index is 12.5. The minimum Gasteiger partial charge on any atom is -0.489 e. The molecule has 0 bridgehead atoms. The molecule has 1 saturated heterocycles. The van der Waals surface area contributed by atoms with Gasteiger partial charge < -0.3 is 9.64 Å². The van der Waals surface area contributed by atoms with Crippen LogP contribution < -0.4 is 4.74 Å². The first-order chi connectivity index (χ1) is 15.8. The molecular formula is C30H39NO2. The fourth-order valence-electron chi connectivity index (χ4n) is 9.06. The SMILES string of the molecule is CC1CC2N(C)C(=O)CC[C@]2(C)[C@@H]2CC[C@]3(C)C(Oc4cccc5ccccc45)CC[C@H]3[C@H]12. The lowest BCUT2D eigenvalue weighted by Gasteiger charge is -2.63. The molecule has 2 aromatic carbocycles. The summed E-state index contributed by atoms with van der Waals surface area (Å²) in [5.41, 5.74) is 0.516. The van der Waals surface area contributed by atoms with Gasteiger partial charge in [-0.05, 0) is 79.1 Å². The van der Waals surface area contributed by atoms with Gasteiger partial charge in [-0.2, -0.15) is 0 Å². The number of nitrogens with zero attached hydrogens (tertiary/aromatic N) is 1. The van der Waals surface area contributed by atoms with Crippen molar-refractivity contribution in [3.8, 4) is 5.75 Å². The maximum Gasteiger partial charge on any atom is 0.222 e. The van der Waals surface area contributed by atoms with Crippen LogP contribution in [-0.2, 0) is 4.79 Å². The first-order valence-corrected chi connectivity index (χ1v) is 13.2. The number of hydrogen-bond acceptors (Lipinski definition) is 2. The predicted molar refractivity (Wildman–Crippen MR) is 133 cm³/mol. The molecule has 3 saturated carbocycles. The molecule has 0 aromatic heterocycles. The van der Waals surface area contributed by atoms with E-state index in [1.54, 1.807) is 0 Å². The monoisotopic (exact) mass is 445 g/mol. The Bertz CT molecular complexity index is 1070. The van der Waals surface area contributed by atoms with E-state index < -0.39 is 0 Å².